The van der Waals surface area contributed by atoms with E-state index in [2.05, 4.69) is 28.7 Å². The molecule has 2 aromatic rings. The first-order valence-corrected chi connectivity index (χ1v) is 11.3. The third-order valence-corrected chi connectivity index (χ3v) is 8.07. The Hall–Kier alpha value is -2.66. The number of aryl methyl sites for hydroxylation is 2. The number of aromatic nitrogens is 1. The largest absolute Gasteiger partial charge is 0.318 e. The number of imide groups is 1. The Morgan fingerprint density at radius 2 is 1.65 bits per heavy atom. The number of hydrazone groups is 1. The molecule has 0 radical (unpaired) electrons. The third kappa shape index (κ3) is 2.59. The number of hydrogen-bond donors (Lipinski definition) is 0. The highest BCUT2D eigenvalue weighted by atomic mass is 35.5. The van der Waals surface area contributed by atoms with Crippen LogP contribution in [-0.4, -0.2) is 27.6 Å². The normalized spacial score (nSPS) is 32.8. The lowest BCUT2D eigenvalue weighted by atomic mass is 9.63. The Morgan fingerprint density at radius 1 is 1.00 bits per heavy atom. The van der Waals surface area contributed by atoms with Gasteiger partial charge in [0.15, 0.2) is 0 Å². The van der Waals surface area contributed by atoms with Crippen LogP contribution >= 0.6 is 11.6 Å². The van der Waals surface area contributed by atoms with Gasteiger partial charge in [0.25, 0.3) is 11.8 Å². The van der Waals surface area contributed by atoms with E-state index in [1.165, 1.54) is 0 Å². The summed E-state index contributed by atoms with van der Waals surface area (Å²) in [6.45, 7) is 6.09. The maximum atomic E-state index is 13.1. The molecule has 31 heavy (non-hydrogen) atoms. The lowest BCUT2D eigenvalue weighted by molar-refractivity contribution is -0.140. The topological polar surface area (TPSA) is 54.7 Å². The molecule has 6 heteroatoms. The van der Waals surface area contributed by atoms with E-state index in [0.29, 0.717) is 16.9 Å². The molecule has 2 saturated carbocycles. The van der Waals surface area contributed by atoms with Crippen LogP contribution in [-0.2, 0) is 9.59 Å². The summed E-state index contributed by atoms with van der Waals surface area (Å²) in [5.41, 5.74) is 5.05. The molecule has 0 spiro atoms. The summed E-state index contributed by atoms with van der Waals surface area (Å²) in [6, 6.07) is 7.86. The monoisotopic (exact) mass is 433 g/mol. The summed E-state index contributed by atoms with van der Waals surface area (Å²) < 4.78 is 2.13. The second kappa shape index (κ2) is 6.42. The molecule has 1 saturated heterocycles. The van der Waals surface area contributed by atoms with Crippen molar-refractivity contribution in [2.45, 2.75) is 27.2 Å². The molecule has 6 atom stereocenters. The van der Waals surface area contributed by atoms with E-state index in [4.69, 9.17) is 11.6 Å². The van der Waals surface area contributed by atoms with Crippen LogP contribution in [0.2, 0.25) is 5.02 Å². The fourth-order valence-corrected chi connectivity index (χ4v) is 6.45. The number of halogens is 1. The maximum Gasteiger partial charge on any atom is 0.254 e. The molecule has 2 amide bonds. The van der Waals surface area contributed by atoms with Gasteiger partial charge in [0.05, 0.1) is 18.1 Å². The van der Waals surface area contributed by atoms with Crippen LogP contribution < -0.4 is 0 Å². The number of benzene rings is 1. The quantitative estimate of drug-likeness (QED) is 0.408. The average molecular weight is 434 g/mol. The number of nitrogens with zero attached hydrogens (tertiary/aromatic N) is 3. The maximum absolute atomic E-state index is 13.1. The summed E-state index contributed by atoms with van der Waals surface area (Å²) in [4.78, 5) is 26.2. The number of allylic oxidation sites excluding steroid dienone is 2. The highest BCUT2D eigenvalue weighted by molar-refractivity contribution is 6.30. The Labute approximate surface area is 186 Å². The third-order valence-electron chi connectivity index (χ3n) is 7.83. The van der Waals surface area contributed by atoms with Crippen molar-refractivity contribution in [3.8, 4) is 5.69 Å². The van der Waals surface area contributed by atoms with Gasteiger partial charge in [-0.1, -0.05) is 29.8 Å². The van der Waals surface area contributed by atoms with Gasteiger partial charge in [-0.05, 0) is 74.6 Å². The Morgan fingerprint density at radius 3 is 2.29 bits per heavy atom. The smallest absolute Gasteiger partial charge is 0.254 e. The average Bonchev–Trinajstić information content (AvgIpc) is 3.47. The lowest BCUT2D eigenvalue weighted by Gasteiger charge is -2.37. The second-order valence-corrected chi connectivity index (χ2v) is 9.92. The zero-order valence-electron chi connectivity index (χ0n) is 17.7. The molecule has 3 fully saturated rings. The minimum Gasteiger partial charge on any atom is -0.318 e. The van der Waals surface area contributed by atoms with E-state index in [9.17, 15) is 9.59 Å². The zero-order chi connectivity index (χ0) is 21.6. The molecule has 1 aromatic carbocycles. The van der Waals surface area contributed by atoms with Gasteiger partial charge in [-0.2, -0.15) is 10.1 Å². The molecule has 1 aromatic heterocycles. The highest BCUT2D eigenvalue weighted by Gasteiger charge is 2.67. The van der Waals surface area contributed by atoms with E-state index < -0.39 is 0 Å². The van der Waals surface area contributed by atoms with Gasteiger partial charge in [-0.3, -0.25) is 9.59 Å². The van der Waals surface area contributed by atoms with Gasteiger partial charge in [0.2, 0.25) is 0 Å². The first-order chi connectivity index (χ1) is 14.9. The summed E-state index contributed by atoms with van der Waals surface area (Å²) in [6.07, 6.45) is 7.18. The molecule has 2 heterocycles. The van der Waals surface area contributed by atoms with E-state index in [1.807, 2.05) is 38.1 Å². The van der Waals surface area contributed by atoms with E-state index in [1.54, 1.807) is 6.21 Å². The van der Waals surface area contributed by atoms with Crippen LogP contribution in [0.25, 0.3) is 5.69 Å². The van der Waals surface area contributed by atoms with Gasteiger partial charge >= 0.3 is 0 Å². The van der Waals surface area contributed by atoms with Crippen molar-refractivity contribution in [2.75, 3.05) is 0 Å². The SMILES string of the molecule is Cc1ccc(Cl)cc1-n1c(C)cc(/C=N\N2C(=O)[C@@H]3[C@H]4C=C[C@@H]([C@@H]5C[C@H]45)[C@H]3C2=O)c1C. The lowest BCUT2D eigenvalue weighted by Crippen LogP contribution is -2.40. The molecule has 0 N–H and O–H groups in total. The molecular weight excluding hydrogens is 410 g/mol. The minimum absolute atomic E-state index is 0.129. The van der Waals surface area contributed by atoms with Crippen molar-refractivity contribution in [2.24, 2.45) is 40.6 Å². The molecule has 0 unspecified atom stereocenters. The summed E-state index contributed by atoms with van der Waals surface area (Å²) in [7, 11) is 0. The number of carbonyl (C=O) groups excluding carboxylic acids is 2. The van der Waals surface area contributed by atoms with Crippen molar-refractivity contribution in [1.29, 1.82) is 0 Å². The van der Waals surface area contributed by atoms with Gasteiger partial charge in [0, 0.05) is 27.7 Å². The predicted octanol–water partition coefficient (Wildman–Crippen LogP) is 4.44. The fraction of sp³-hybridized carbons (Fsp3) is 0.400. The number of amides is 2. The van der Waals surface area contributed by atoms with Crippen molar-refractivity contribution in [1.82, 2.24) is 9.58 Å². The highest BCUT2D eigenvalue weighted by Crippen LogP contribution is 2.65. The van der Waals surface area contributed by atoms with Gasteiger partial charge in [-0.25, -0.2) is 0 Å². The van der Waals surface area contributed by atoms with Gasteiger partial charge in [-0.15, -0.1) is 0 Å². The van der Waals surface area contributed by atoms with Gasteiger partial charge in [0.1, 0.15) is 0 Å². The zero-order valence-corrected chi connectivity index (χ0v) is 18.5. The molecule has 7 rings (SSSR count). The number of rotatable bonds is 3. The summed E-state index contributed by atoms with van der Waals surface area (Å²) in [5.74, 6) is 0.925. The van der Waals surface area contributed by atoms with Crippen molar-refractivity contribution >= 4 is 29.6 Å². The first-order valence-electron chi connectivity index (χ1n) is 10.9. The molecule has 158 valence electrons. The van der Waals surface area contributed by atoms with E-state index in [-0.39, 0.29) is 35.5 Å². The van der Waals surface area contributed by atoms with E-state index >= 15 is 0 Å². The predicted molar refractivity (Wildman–Crippen MR) is 119 cm³/mol. The molecule has 5 nitrogen and oxygen atoms in total. The molecule has 1 aliphatic heterocycles. The van der Waals surface area contributed by atoms with Crippen LogP contribution in [0, 0.1) is 56.3 Å². The second-order valence-electron chi connectivity index (χ2n) is 9.48. The van der Waals surface area contributed by atoms with E-state index in [0.717, 1.165) is 39.6 Å². The minimum atomic E-state index is -0.218. The fourth-order valence-electron chi connectivity index (χ4n) is 6.29. The first kappa shape index (κ1) is 19.1. The molecule has 2 bridgehead atoms. The van der Waals surface area contributed by atoms with Crippen LogP contribution in [0.15, 0.2) is 41.5 Å². The Bertz CT molecular complexity index is 1170. The Balaban J connectivity index is 1.32. The molecule has 4 aliphatic carbocycles. The summed E-state index contributed by atoms with van der Waals surface area (Å²) >= 11 is 6.23. The molecule has 5 aliphatic rings. The van der Waals surface area contributed by atoms with Crippen LogP contribution in [0.4, 0.5) is 0 Å². The van der Waals surface area contributed by atoms with Gasteiger partial charge < -0.3 is 4.57 Å². The van der Waals surface area contributed by atoms with Crippen molar-refractivity contribution < 1.29 is 9.59 Å². The number of hydrogen-bond acceptors (Lipinski definition) is 3. The summed E-state index contributed by atoms with van der Waals surface area (Å²) in [5, 5.41) is 6.23. The van der Waals surface area contributed by atoms with Crippen LogP contribution in [0.3, 0.4) is 0 Å². The van der Waals surface area contributed by atoms with Crippen molar-refractivity contribution in [3.63, 3.8) is 0 Å². The number of carbonyl (C=O) groups is 2. The standard InChI is InChI=1S/C25H24ClN3O2/c1-12-4-5-16(26)9-21(12)28-13(2)8-15(14(28)3)11-27-29-24(30)22-17-6-7-18(20-10-19(17)20)23(22)25(29)31/h4-9,11,17-20,22-23H,10H2,1-3H3/b27-11-/t17-,18-,19-,20+,22+,23+/m0/s1. The Kier molecular flexibility index (Phi) is 3.95. The van der Waals surface area contributed by atoms with Crippen LogP contribution in [0.5, 0.6) is 0 Å². The molecular formula is C25H24ClN3O2. The van der Waals surface area contributed by atoms with Crippen molar-refractivity contribution in [3.05, 3.63) is 64.0 Å². The van der Waals surface area contributed by atoms with Crippen LogP contribution in [0.1, 0.15) is 28.9 Å².